The van der Waals surface area contributed by atoms with Crippen LogP contribution >= 0.6 is 35.0 Å². The molecule has 1 aromatic heterocycles. The molecule has 7 N–H and O–H groups in total. The van der Waals surface area contributed by atoms with E-state index in [2.05, 4.69) is 15.7 Å². The monoisotopic (exact) mass is 490 g/mol. The number of aliphatic hydroxyl groups is 3. The van der Waals surface area contributed by atoms with Crippen LogP contribution in [-0.2, 0) is 4.74 Å². The molecule has 1 aliphatic heterocycles. The number of aliphatic hydroxyl groups excluding tert-OH is 3. The van der Waals surface area contributed by atoms with E-state index in [1.807, 2.05) is 0 Å². The Morgan fingerprint density at radius 3 is 2.61 bits per heavy atom. The number of benzene rings is 1. The van der Waals surface area contributed by atoms with Crippen LogP contribution in [0.4, 0.5) is 4.39 Å². The molecule has 0 bridgehead atoms. The zero-order valence-electron chi connectivity index (χ0n) is 16.0. The topological polar surface area (TPSA) is 133 Å². The molecule has 0 amide bonds. The first-order chi connectivity index (χ1) is 14.8. The second-order valence-corrected chi connectivity index (χ2v) is 8.64. The number of pyridine rings is 1. The number of hydrogen-bond donors (Lipinski definition) is 6. The minimum Gasteiger partial charge on any atom is -0.394 e. The Labute approximate surface area is 192 Å². The first-order valence-electron chi connectivity index (χ1n) is 9.13. The van der Waals surface area contributed by atoms with E-state index < -0.39 is 42.2 Å². The van der Waals surface area contributed by atoms with Crippen molar-refractivity contribution in [2.75, 3.05) is 6.61 Å². The van der Waals surface area contributed by atoms with Crippen LogP contribution in [0.2, 0.25) is 10.0 Å². The number of ether oxygens (including phenoxy) is 1. The van der Waals surface area contributed by atoms with Crippen LogP contribution in [0, 0.1) is 5.82 Å². The maximum Gasteiger partial charge on any atom is 0.141 e. The van der Waals surface area contributed by atoms with Crippen LogP contribution in [0.3, 0.4) is 0 Å². The molecule has 0 aliphatic carbocycles. The van der Waals surface area contributed by atoms with Gasteiger partial charge in [0.2, 0.25) is 0 Å². The number of aromatic nitrogens is 1. The van der Waals surface area contributed by atoms with Gasteiger partial charge in [0.05, 0.1) is 40.3 Å². The summed E-state index contributed by atoms with van der Waals surface area (Å²) < 4.78 is 18.8. The van der Waals surface area contributed by atoms with Gasteiger partial charge in [-0.3, -0.25) is 10.8 Å². The summed E-state index contributed by atoms with van der Waals surface area (Å²) in [5.74, 6) is 5.02. The molecular weight excluding hydrogens is 470 g/mol. The van der Waals surface area contributed by atoms with Gasteiger partial charge in [0.15, 0.2) is 0 Å². The van der Waals surface area contributed by atoms with E-state index in [1.165, 1.54) is 30.1 Å². The quantitative estimate of drug-likeness (QED) is 0.252. The standard InChI is InChI=1S/C19H21Cl2FN4O4S/c20-11-3-2-10(5-12(11)21)31-19-18(29)16(17(28)15(8-27)30-19)25-7-14(26-23)13-4-1-9(22)6-24-13/h1-7,15-19,25-29H,8,23H2/b14-7-/t15?,16?,17-,18?,19+/m0/s1. The summed E-state index contributed by atoms with van der Waals surface area (Å²) in [7, 11) is 0. The summed E-state index contributed by atoms with van der Waals surface area (Å²) in [6.07, 6.45) is -0.939. The number of hydrazine groups is 1. The van der Waals surface area contributed by atoms with Gasteiger partial charge in [-0.15, -0.1) is 0 Å². The molecule has 1 fully saturated rings. The van der Waals surface area contributed by atoms with Crippen LogP contribution < -0.4 is 16.6 Å². The molecular formula is C19H21Cl2FN4O4S. The predicted molar refractivity (Wildman–Crippen MR) is 116 cm³/mol. The fourth-order valence-corrected chi connectivity index (χ4v) is 4.44. The lowest BCUT2D eigenvalue weighted by molar-refractivity contribution is -0.164. The Bertz CT molecular complexity index is 924. The summed E-state index contributed by atoms with van der Waals surface area (Å²) in [4.78, 5) is 4.61. The van der Waals surface area contributed by atoms with Crippen LogP contribution in [0.15, 0.2) is 47.6 Å². The molecule has 5 atom stereocenters. The van der Waals surface area contributed by atoms with Crippen molar-refractivity contribution in [2.45, 2.75) is 34.7 Å². The minimum absolute atomic E-state index is 0.292. The summed E-state index contributed by atoms with van der Waals surface area (Å²) in [6, 6.07) is 6.67. The molecule has 1 aromatic carbocycles. The zero-order chi connectivity index (χ0) is 22.5. The normalized spacial score (nSPS) is 26.5. The number of halogens is 3. The van der Waals surface area contributed by atoms with Crippen molar-refractivity contribution in [3.05, 3.63) is 64.3 Å². The average molecular weight is 491 g/mol. The highest BCUT2D eigenvalue weighted by atomic mass is 35.5. The van der Waals surface area contributed by atoms with Gasteiger partial charge in [0, 0.05) is 11.1 Å². The van der Waals surface area contributed by atoms with Crippen molar-refractivity contribution in [1.29, 1.82) is 0 Å². The number of nitrogens with zero attached hydrogens (tertiary/aromatic N) is 1. The second kappa shape index (κ2) is 10.8. The highest BCUT2D eigenvalue weighted by Crippen LogP contribution is 2.36. The lowest BCUT2D eigenvalue weighted by Gasteiger charge is -2.42. The largest absolute Gasteiger partial charge is 0.394 e. The highest BCUT2D eigenvalue weighted by molar-refractivity contribution is 7.99. The average Bonchev–Trinajstić information content (AvgIpc) is 2.76. The van der Waals surface area contributed by atoms with Gasteiger partial charge in [-0.1, -0.05) is 35.0 Å². The molecule has 1 saturated heterocycles. The minimum atomic E-state index is -1.23. The lowest BCUT2D eigenvalue weighted by atomic mass is 9.97. The molecule has 2 heterocycles. The first kappa shape index (κ1) is 24.0. The molecule has 0 saturated carbocycles. The van der Waals surface area contributed by atoms with E-state index in [0.717, 1.165) is 6.20 Å². The Kier molecular flexibility index (Phi) is 8.36. The zero-order valence-corrected chi connectivity index (χ0v) is 18.3. The van der Waals surface area contributed by atoms with Gasteiger partial charge in [0.1, 0.15) is 29.6 Å². The van der Waals surface area contributed by atoms with Gasteiger partial charge in [0.25, 0.3) is 0 Å². The van der Waals surface area contributed by atoms with Crippen LogP contribution in [0.25, 0.3) is 5.70 Å². The van der Waals surface area contributed by atoms with Gasteiger partial charge >= 0.3 is 0 Å². The molecule has 2 aromatic rings. The van der Waals surface area contributed by atoms with Gasteiger partial charge in [-0.25, -0.2) is 4.39 Å². The lowest BCUT2D eigenvalue weighted by Crippen LogP contribution is -2.62. The van der Waals surface area contributed by atoms with Crippen molar-refractivity contribution >= 4 is 40.7 Å². The Balaban J connectivity index is 1.79. The van der Waals surface area contributed by atoms with Gasteiger partial charge < -0.3 is 30.8 Å². The van der Waals surface area contributed by atoms with Crippen molar-refractivity contribution in [3.8, 4) is 0 Å². The fraction of sp³-hybridized carbons (Fsp3) is 0.316. The van der Waals surface area contributed by atoms with Crippen molar-refractivity contribution in [2.24, 2.45) is 5.84 Å². The fourth-order valence-electron chi connectivity index (χ4n) is 2.97. The van der Waals surface area contributed by atoms with E-state index in [1.54, 1.807) is 18.2 Å². The van der Waals surface area contributed by atoms with E-state index in [-0.39, 0.29) is 0 Å². The molecule has 8 nitrogen and oxygen atoms in total. The maximum absolute atomic E-state index is 13.1. The van der Waals surface area contributed by atoms with Crippen molar-refractivity contribution in [1.82, 2.24) is 15.7 Å². The van der Waals surface area contributed by atoms with Crippen LogP contribution in [0.5, 0.6) is 0 Å². The number of nitrogens with one attached hydrogen (secondary N) is 2. The molecule has 0 spiro atoms. The van der Waals surface area contributed by atoms with Crippen LogP contribution in [0.1, 0.15) is 5.69 Å². The van der Waals surface area contributed by atoms with Crippen molar-refractivity contribution in [3.63, 3.8) is 0 Å². The molecule has 1 aliphatic rings. The SMILES string of the molecule is NN/C(=C\NC1C(O)[C@@H](Sc2ccc(Cl)c(Cl)c2)OC(CO)[C@@H]1O)c1ccc(F)cn1. The van der Waals surface area contributed by atoms with E-state index in [9.17, 15) is 19.7 Å². The van der Waals surface area contributed by atoms with E-state index in [4.69, 9.17) is 33.8 Å². The third-order valence-electron chi connectivity index (χ3n) is 4.61. The summed E-state index contributed by atoms with van der Waals surface area (Å²) in [5, 5.41) is 34.6. The van der Waals surface area contributed by atoms with Gasteiger partial charge in [-0.2, -0.15) is 0 Å². The molecule has 12 heteroatoms. The maximum atomic E-state index is 13.1. The van der Waals surface area contributed by atoms with Crippen molar-refractivity contribution < 1.29 is 24.4 Å². The summed E-state index contributed by atoms with van der Waals surface area (Å²) in [6.45, 7) is -0.463. The molecule has 31 heavy (non-hydrogen) atoms. The number of rotatable bonds is 7. The molecule has 3 unspecified atom stereocenters. The van der Waals surface area contributed by atoms with Crippen LogP contribution in [-0.4, -0.2) is 56.7 Å². The highest BCUT2D eigenvalue weighted by Gasteiger charge is 2.44. The smallest absolute Gasteiger partial charge is 0.141 e. The molecule has 0 radical (unpaired) electrons. The summed E-state index contributed by atoms with van der Waals surface area (Å²) >= 11 is 13.2. The number of thioether (sulfide) groups is 1. The third kappa shape index (κ3) is 5.79. The molecule has 168 valence electrons. The summed E-state index contributed by atoms with van der Waals surface area (Å²) in [5.41, 5.74) is 2.23. The Morgan fingerprint density at radius 1 is 1.23 bits per heavy atom. The van der Waals surface area contributed by atoms with Gasteiger partial charge in [-0.05, 0) is 30.3 Å². The van der Waals surface area contributed by atoms with E-state index in [0.29, 0.717) is 26.3 Å². The number of nitrogens with two attached hydrogens (primary N) is 1. The first-order valence-corrected chi connectivity index (χ1v) is 10.8. The molecule has 3 rings (SSSR count). The second-order valence-electron chi connectivity index (χ2n) is 6.66. The Hall–Kier alpha value is -1.63. The number of hydrogen-bond acceptors (Lipinski definition) is 9. The Morgan fingerprint density at radius 2 is 2.00 bits per heavy atom. The third-order valence-corrected chi connectivity index (χ3v) is 6.49. The predicted octanol–water partition coefficient (Wildman–Crippen LogP) is 1.48. The van der Waals surface area contributed by atoms with E-state index >= 15 is 0 Å².